The van der Waals surface area contributed by atoms with Gasteiger partial charge in [-0.25, -0.2) is 0 Å². The van der Waals surface area contributed by atoms with Crippen molar-refractivity contribution < 1.29 is 9.47 Å². The highest BCUT2D eigenvalue weighted by atomic mass is 16.5. The first-order valence-electron chi connectivity index (χ1n) is 10.5. The zero-order valence-electron chi connectivity index (χ0n) is 16.2. The molecule has 2 saturated heterocycles. The molecule has 2 heterocycles. The van der Waals surface area contributed by atoms with Crippen molar-refractivity contribution >= 4 is 0 Å². The molecule has 4 heteroatoms. The Balaban J connectivity index is 1.09. The maximum absolute atomic E-state index is 6.01. The molecule has 2 aliphatic heterocycles. The Morgan fingerprint density at radius 3 is 2.62 bits per heavy atom. The van der Waals surface area contributed by atoms with E-state index in [1.807, 2.05) is 6.07 Å². The third-order valence-electron chi connectivity index (χ3n) is 6.51. The van der Waals surface area contributed by atoms with E-state index in [0.717, 1.165) is 43.3 Å². The lowest BCUT2D eigenvalue weighted by Gasteiger charge is -2.26. The molecule has 0 radical (unpaired) electrons. The number of rotatable bonds is 9. The number of hydrogen-bond donors (Lipinski definition) is 0. The number of piperidine rings is 2. The fourth-order valence-electron chi connectivity index (χ4n) is 4.93. The molecule has 1 saturated carbocycles. The summed E-state index contributed by atoms with van der Waals surface area (Å²) >= 11 is 0. The lowest BCUT2D eigenvalue weighted by atomic mass is 10.1. The minimum absolute atomic E-state index is 0.826. The van der Waals surface area contributed by atoms with Crippen LogP contribution in [0.2, 0.25) is 0 Å². The molecule has 3 atom stereocenters. The second kappa shape index (κ2) is 8.73. The van der Waals surface area contributed by atoms with Gasteiger partial charge in [0.25, 0.3) is 0 Å². The molecule has 144 valence electrons. The summed E-state index contributed by atoms with van der Waals surface area (Å²) in [6.07, 6.45) is 5.40. The molecule has 0 amide bonds. The number of nitrogens with zero attached hydrogens (tertiary/aromatic N) is 2. The van der Waals surface area contributed by atoms with Gasteiger partial charge in [-0.1, -0.05) is 18.6 Å². The number of methoxy groups -OCH3 is 1. The Bertz CT molecular complexity index is 561. The van der Waals surface area contributed by atoms with E-state index in [9.17, 15) is 0 Å². The maximum Gasteiger partial charge on any atom is 0.119 e. The van der Waals surface area contributed by atoms with Crippen LogP contribution in [0.5, 0.6) is 5.75 Å². The predicted molar refractivity (Wildman–Crippen MR) is 104 cm³/mol. The van der Waals surface area contributed by atoms with Crippen molar-refractivity contribution in [1.82, 2.24) is 9.80 Å². The van der Waals surface area contributed by atoms with Gasteiger partial charge in [0.1, 0.15) is 5.75 Å². The van der Waals surface area contributed by atoms with E-state index >= 15 is 0 Å². The molecule has 0 N–H and O–H groups in total. The van der Waals surface area contributed by atoms with Gasteiger partial charge in [0.05, 0.1) is 13.7 Å². The average Bonchev–Trinajstić information content (AvgIpc) is 3.13. The van der Waals surface area contributed by atoms with E-state index in [2.05, 4.69) is 28.0 Å². The first kappa shape index (κ1) is 18.3. The van der Waals surface area contributed by atoms with Crippen LogP contribution in [-0.4, -0.2) is 62.8 Å². The first-order valence-corrected chi connectivity index (χ1v) is 10.5. The Hall–Kier alpha value is -1.10. The van der Waals surface area contributed by atoms with Gasteiger partial charge in [-0.05, 0) is 67.8 Å². The molecule has 0 unspecified atom stereocenters. The second-order valence-corrected chi connectivity index (χ2v) is 8.37. The van der Waals surface area contributed by atoms with E-state index < -0.39 is 0 Å². The summed E-state index contributed by atoms with van der Waals surface area (Å²) in [7, 11) is 1.74. The quantitative estimate of drug-likeness (QED) is 0.633. The normalized spacial score (nSPS) is 28.9. The van der Waals surface area contributed by atoms with E-state index in [1.165, 1.54) is 64.0 Å². The minimum Gasteiger partial charge on any atom is -0.497 e. The Labute approximate surface area is 158 Å². The summed E-state index contributed by atoms with van der Waals surface area (Å²) in [4.78, 5) is 5.20. The van der Waals surface area contributed by atoms with Gasteiger partial charge in [0, 0.05) is 32.8 Å². The average molecular weight is 359 g/mol. The Morgan fingerprint density at radius 2 is 1.85 bits per heavy atom. The molecule has 3 aliphatic rings. The second-order valence-electron chi connectivity index (χ2n) is 8.37. The third kappa shape index (κ3) is 4.59. The highest BCUT2D eigenvalue weighted by Crippen LogP contribution is 2.52. The van der Waals surface area contributed by atoms with Crippen LogP contribution in [0.25, 0.3) is 0 Å². The van der Waals surface area contributed by atoms with Crippen molar-refractivity contribution in [2.45, 2.75) is 32.2 Å². The fourth-order valence-corrected chi connectivity index (χ4v) is 4.93. The summed E-state index contributed by atoms with van der Waals surface area (Å²) in [6, 6.07) is 8.47. The number of likely N-dealkylation sites (tertiary alicyclic amines) is 2. The van der Waals surface area contributed by atoms with Crippen LogP contribution in [0.1, 0.15) is 31.2 Å². The molecule has 1 aromatic carbocycles. The number of ether oxygens (including phenoxy) is 2. The molecule has 26 heavy (non-hydrogen) atoms. The van der Waals surface area contributed by atoms with Gasteiger partial charge in [0.15, 0.2) is 0 Å². The monoisotopic (exact) mass is 358 g/mol. The van der Waals surface area contributed by atoms with Crippen molar-refractivity contribution in [2.75, 3.05) is 53.0 Å². The maximum atomic E-state index is 6.01. The fraction of sp³-hybridized carbons (Fsp3) is 0.727. The lowest BCUT2D eigenvalue weighted by Crippen LogP contribution is -2.31. The molecule has 1 aliphatic carbocycles. The van der Waals surface area contributed by atoms with Gasteiger partial charge in [0.2, 0.25) is 0 Å². The molecule has 4 nitrogen and oxygen atoms in total. The number of hydrogen-bond acceptors (Lipinski definition) is 4. The molecular weight excluding hydrogens is 324 g/mol. The van der Waals surface area contributed by atoms with Crippen molar-refractivity contribution in [3.05, 3.63) is 29.8 Å². The van der Waals surface area contributed by atoms with E-state index in [0.29, 0.717) is 0 Å². The zero-order chi connectivity index (χ0) is 17.8. The van der Waals surface area contributed by atoms with Crippen LogP contribution in [-0.2, 0) is 11.3 Å². The zero-order valence-corrected chi connectivity index (χ0v) is 16.2. The van der Waals surface area contributed by atoms with E-state index in [1.54, 1.807) is 7.11 Å². The van der Waals surface area contributed by atoms with Gasteiger partial charge >= 0.3 is 0 Å². The molecule has 0 bridgehead atoms. The van der Waals surface area contributed by atoms with Crippen LogP contribution in [0, 0.1) is 17.8 Å². The first-order chi connectivity index (χ1) is 12.8. The smallest absolute Gasteiger partial charge is 0.119 e. The molecule has 4 rings (SSSR count). The van der Waals surface area contributed by atoms with E-state index in [-0.39, 0.29) is 0 Å². The summed E-state index contributed by atoms with van der Waals surface area (Å²) < 4.78 is 11.3. The van der Waals surface area contributed by atoms with Gasteiger partial charge in [-0.2, -0.15) is 0 Å². The van der Waals surface area contributed by atoms with Crippen molar-refractivity contribution in [2.24, 2.45) is 17.8 Å². The minimum atomic E-state index is 0.826. The summed E-state index contributed by atoms with van der Waals surface area (Å²) in [6.45, 7) is 9.29. The highest BCUT2D eigenvalue weighted by Gasteiger charge is 2.55. The van der Waals surface area contributed by atoms with Crippen molar-refractivity contribution in [1.29, 1.82) is 0 Å². The molecule has 0 aromatic heterocycles. The standard InChI is InChI=1S/C22H34N2O2/c1-25-19-8-5-7-18(13-19)14-24-15-20-21(16-24)22(20)17-26-12-6-11-23-9-3-2-4-10-23/h5,7-8,13,20-22H,2-4,6,9-12,14-17H2,1H3/t20-,21+,22-. The van der Waals surface area contributed by atoms with Crippen molar-refractivity contribution in [3.63, 3.8) is 0 Å². The largest absolute Gasteiger partial charge is 0.497 e. The van der Waals surface area contributed by atoms with Crippen LogP contribution < -0.4 is 4.74 Å². The predicted octanol–water partition coefficient (Wildman–Crippen LogP) is 3.27. The Kier molecular flexibility index (Phi) is 6.13. The van der Waals surface area contributed by atoms with Crippen LogP contribution >= 0.6 is 0 Å². The highest BCUT2D eigenvalue weighted by molar-refractivity contribution is 5.28. The van der Waals surface area contributed by atoms with Gasteiger partial charge in [-0.3, -0.25) is 4.90 Å². The van der Waals surface area contributed by atoms with Gasteiger partial charge in [-0.15, -0.1) is 0 Å². The van der Waals surface area contributed by atoms with Gasteiger partial charge < -0.3 is 14.4 Å². The molecule has 1 aromatic rings. The SMILES string of the molecule is COc1cccc(CN2C[C@@H]3[C@H](COCCCN4CCCCC4)[C@@H]3C2)c1. The van der Waals surface area contributed by atoms with Crippen LogP contribution in [0.4, 0.5) is 0 Å². The van der Waals surface area contributed by atoms with Crippen LogP contribution in [0.15, 0.2) is 24.3 Å². The summed E-state index contributed by atoms with van der Waals surface area (Å²) in [5.74, 6) is 3.54. The topological polar surface area (TPSA) is 24.9 Å². The molecule has 0 spiro atoms. The third-order valence-corrected chi connectivity index (χ3v) is 6.51. The number of benzene rings is 1. The number of fused-ring (bicyclic) bond motifs is 1. The summed E-state index contributed by atoms with van der Waals surface area (Å²) in [5.41, 5.74) is 1.36. The molecule has 3 fully saturated rings. The Morgan fingerprint density at radius 1 is 1.04 bits per heavy atom. The van der Waals surface area contributed by atoms with Crippen LogP contribution in [0.3, 0.4) is 0 Å². The van der Waals surface area contributed by atoms with Crippen molar-refractivity contribution in [3.8, 4) is 5.75 Å². The lowest BCUT2D eigenvalue weighted by molar-refractivity contribution is 0.0967. The summed E-state index contributed by atoms with van der Waals surface area (Å²) in [5, 5.41) is 0. The van der Waals surface area contributed by atoms with E-state index in [4.69, 9.17) is 9.47 Å². The molecular formula is C22H34N2O2.